The molecule has 3 aromatic rings. The number of halogens is 3. The highest BCUT2D eigenvalue weighted by atomic mass is 127. The van der Waals surface area contributed by atoms with E-state index in [1.54, 1.807) is 33.4 Å². The van der Waals surface area contributed by atoms with Gasteiger partial charge in [0.05, 0.1) is 0 Å². The maximum absolute atomic E-state index is 2.36. The standard InChI is InChI=1S/3C13H18.3HI/c3*1-10-6-7-12-11(9-10)5-4-8-13(12,2)3;;;/h3*6-7,9H,4-5,8H2,1-3H3;3*1H. The third kappa shape index (κ3) is 9.92. The van der Waals surface area contributed by atoms with Crippen molar-refractivity contribution in [2.75, 3.05) is 0 Å². The minimum atomic E-state index is 0. The van der Waals surface area contributed by atoms with Crippen LogP contribution in [-0.4, -0.2) is 0 Å². The van der Waals surface area contributed by atoms with Gasteiger partial charge in [-0.2, -0.15) is 0 Å². The number of hydrogen-bond donors (Lipinski definition) is 0. The van der Waals surface area contributed by atoms with Gasteiger partial charge in [0.15, 0.2) is 0 Å². The summed E-state index contributed by atoms with van der Waals surface area (Å²) in [4.78, 5) is 0. The zero-order chi connectivity index (χ0) is 28.4. The quantitative estimate of drug-likeness (QED) is 0.197. The molecule has 3 aromatic carbocycles. The van der Waals surface area contributed by atoms with Crippen LogP contribution in [0, 0.1) is 20.8 Å². The minimum absolute atomic E-state index is 0. The van der Waals surface area contributed by atoms with E-state index in [0.717, 1.165) is 0 Å². The van der Waals surface area contributed by atoms with Gasteiger partial charge in [-0.3, -0.25) is 0 Å². The van der Waals surface area contributed by atoms with Gasteiger partial charge in [-0.25, -0.2) is 0 Å². The van der Waals surface area contributed by atoms with Gasteiger partial charge in [-0.05, 0) is 128 Å². The van der Waals surface area contributed by atoms with E-state index in [4.69, 9.17) is 0 Å². The Labute approximate surface area is 310 Å². The van der Waals surface area contributed by atoms with Crippen LogP contribution >= 0.6 is 71.9 Å². The van der Waals surface area contributed by atoms with Gasteiger partial charge in [0.1, 0.15) is 0 Å². The Morgan fingerprint density at radius 1 is 0.405 bits per heavy atom. The molecule has 0 aromatic heterocycles. The van der Waals surface area contributed by atoms with Crippen LogP contribution in [0.15, 0.2) is 54.6 Å². The van der Waals surface area contributed by atoms with Crippen LogP contribution in [-0.2, 0) is 35.5 Å². The Balaban J connectivity index is 0.000000304. The smallest absolute Gasteiger partial charge is 0.0101 e. The van der Waals surface area contributed by atoms with Gasteiger partial charge in [0.2, 0.25) is 0 Å². The zero-order valence-corrected chi connectivity index (χ0v) is 34.8. The fourth-order valence-corrected chi connectivity index (χ4v) is 7.34. The average molecular weight is 907 g/mol. The number of rotatable bonds is 0. The van der Waals surface area contributed by atoms with Crippen LogP contribution in [0.3, 0.4) is 0 Å². The van der Waals surface area contributed by atoms with Gasteiger partial charge in [-0.1, -0.05) is 113 Å². The topological polar surface area (TPSA) is 0 Å². The number of benzene rings is 3. The van der Waals surface area contributed by atoms with Crippen LogP contribution in [0.25, 0.3) is 0 Å². The van der Waals surface area contributed by atoms with Crippen molar-refractivity contribution >= 4 is 71.9 Å². The first-order chi connectivity index (χ1) is 18.3. The molecule has 3 aliphatic rings. The third-order valence-corrected chi connectivity index (χ3v) is 9.71. The number of hydrogen-bond acceptors (Lipinski definition) is 0. The fourth-order valence-electron chi connectivity index (χ4n) is 7.34. The van der Waals surface area contributed by atoms with Crippen molar-refractivity contribution < 1.29 is 0 Å². The Hall–Kier alpha value is -0.150. The molecule has 0 saturated carbocycles. The maximum Gasteiger partial charge on any atom is -0.0101 e. The highest BCUT2D eigenvalue weighted by molar-refractivity contribution is 14.0. The second-order valence-electron chi connectivity index (χ2n) is 14.7. The lowest BCUT2D eigenvalue weighted by atomic mass is 9.72. The van der Waals surface area contributed by atoms with Crippen molar-refractivity contribution in [3.8, 4) is 0 Å². The summed E-state index contributed by atoms with van der Waals surface area (Å²) in [6.45, 7) is 20.7. The first-order valence-electron chi connectivity index (χ1n) is 15.6. The van der Waals surface area contributed by atoms with E-state index in [-0.39, 0.29) is 71.9 Å². The van der Waals surface area contributed by atoms with Crippen LogP contribution < -0.4 is 0 Å². The molecule has 0 radical (unpaired) electrons. The van der Waals surface area contributed by atoms with E-state index in [2.05, 4.69) is 117 Å². The van der Waals surface area contributed by atoms with E-state index < -0.39 is 0 Å². The van der Waals surface area contributed by atoms with Crippen LogP contribution in [0.4, 0.5) is 0 Å². The zero-order valence-electron chi connectivity index (χ0n) is 27.8. The van der Waals surface area contributed by atoms with Crippen LogP contribution in [0.5, 0.6) is 0 Å². The Bertz CT molecular complexity index is 1140. The molecule has 0 nitrogen and oxygen atoms in total. The molecule has 3 heteroatoms. The van der Waals surface area contributed by atoms with Crippen LogP contribution in [0.2, 0.25) is 0 Å². The van der Waals surface area contributed by atoms with Crippen molar-refractivity contribution in [2.24, 2.45) is 0 Å². The number of aryl methyl sites for hydroxylation is 6. The van der Waals surface area contributed by atoms with Crippen molar-refractivity contribution in [3.63, 3.8) is 0 Å². The van der Waals surface area contributed by atoms with E-state index in [0.29, 0.717) is 16.2 Å². The highest BCUT2D eigenvalue weighted by Gasteiger charge is 2.28. The molecule has 0 atom stereocenters. The largest absolute Gasteiger partial charge is 0.107 e. The first-order valence-corrected chi connectivity index (χ1v) is 15.6. The molecule has 0 fully saturated rings. The Kier molecular flexibility index (Phi) is 15.6. The number of fused-ring (bicyclic) bond motifs is 3. The van der Waals surface area contributed by atoms with E-state index in [1.165, 1.54) is 74.5 Å². The summed E-state index contributed by atoms with van der Waals surface area (Å²) in [7, 11) is 0. The molecule has 42 heavy (non-hydrogen) atoms. The molecular weight excluding hydrogens is 849 g/mol. The second kappa shape index (κ2) is 16.4. The SMILES string of the molecule is Cc1ccc2c(c1)CCCC2(C)C.Cc1ccc2c(c1)CCCC2(C)C.Cc1ccc2c(c1)CCCC2(C)C.I.I.I. The molecule has 3 aliphatic carbocycles. The summed E-state index contributed by atoms with van der Waals surface area (Å²) in [5, 5.41) is 0. The van der Waals surface area contributed by atoms with E-state index in [1.807, 2.05) is 0 Å². The van der Waals surface area contributed by atoms with Gasteiger partial charge in [0, 0.05) is 0 Å². The predicted octanol–water partition coefficient (Wildman–Crippen LogP) is 12.7. The molecule has 0 unspecified atom stereocenters. The van der Waals surface area contributed by atoms with Crippen molar-refractivity contribution in [2.45, 2.75) is 136 Å². The molecule has 0 N–H and O–H groups in total. The average Bonchev–Trinajstić information content (AvgIpc) is 2.83. The molecule has 0 saturated heterocycles. The molecular formula is C39H57I3. The minimum Gasteiger partial charge on any atom is -0.107 e. The van der Waals surface area contributed by atoms with Gasteiger partial charge >= 0.3 is 0 Å². The Morgan fingerprint density at radius 3 is 0.881 bits per heavy atom. The van der Waals surface area contributed by atoms with E-state index >= 15 is 0 Å². The molecule has 0 spiro atoms. The first kappa shape index (κ1) is 39.9. The van der Waals surface area contributed by atoms with E-state index in [9.17, 15) is 0 Å². The highest BCUT2D eigenvalue weighted by Crippen LogP contribution is 2.38. The lowest BCUT2D eigenvalue weighted by molar-refractivity contribution is 0.431. The molecule has 6 rings (SSSR count). The molecule has 0 aliphatic heterocycles. The molecule has 0 amide bonds. The fraction of sp³-hybridized carbons (Fsp3) is 0.538. The third-order valence-electron chi connectivity index (χ3n) is 9.71. The van der Waals surface area contributed by atoms with Crippen molar-refractivity contribution in [1.29, 1.82) is 0 Å². The molecule has 234 valence electrons. The van der Waals surface area contributed by atoms with Crippen LogP contribution in [0.1, 0.15) is 130 Å². The van der Waals surface area contributed by atoms with Gasteiger partial charge < -0.3 is 0 Å². The van der Waals surface area contributed by atoms with Crippen molar-refractivity contribution in [3.05, 3.63) is 105 Å². The summed E-state index contributed by atoms with van der Waals surface area (Å²) in [5.74, 6) is 0. The van der Waals surface area contributed by atoms with Crippen molar-refractivity contribution in [1.82, 2.24) is 0 Å². The summed E-state index contributed by atoms with van der Waals surface area (Å²) < 4.78 is 0. The summed E-state index contributed by atoms with van der Waals surface area (Å²) in [6.07, 6.45) is 11.9. The molecule has 0 bridgehead atoms. The van der Waals surface area contributed by atoms with Gasteiger partial charge in [0.25, 0.3) is 0 Å². The Morgan fingerprint density at radius 2 is 0.643 bits per heavy atom. The summed E-state index contributed by atoms with van der Waals surface area (Å²) in [6, 6.07) is 20.8. The summed E-state index contributed by atoms with van der Waals surface area (Å²) in [5.41, 5.74) is 14.9. The lowest BCUT2D eigenvalue weighted by Crippen LogP contribution is -2.23. The predicted molar refractivity (Wildman–Crippen MR) is 218 cm³/mol. The summed E-state index contributed by atoms with van der Waals surface area (Å²) >= 11 is 0. The lowest BCUT2D eigenvalue weighted by Gasteiger charge is -2.32. The van der Waals surface area contributed by atoms with Gasteiger partial charge in [-0.15, -0.1) is 71.9 Å². The second-order valence-corrected chi connectivity index (χ2v) is 14.7. The maximum atomic E-state index is 2.36. The normalized spacial score (nSPS) is 18.2. The monoisotopic (exact) mass is 906 g/mol. The molecule has 0 heterocycles.